The Kier molecular flexibility index (Phi) is 2.26. The fourth-order valence-electron chi connectivity index (χ4n) is 1.36. The second-order valence-corrected chi connectivity index (χ2v) is 3.39. The van der Waals surface area contributed by atoms with Crippen LogP contribution in [0.2, 0.25) is 0 Å². The minimum Gasteiger partial charge on any atom is -0.0850 e. The van der Waals surface area contributed by atoms with Crippen molar-refractivity contribution >= 4 is 0 Å². The fourth-order valence-corrected chi connectivity index (χ4v) is 1.36. The van der Waals surface area contributed by atoms with Gasteiger partial charge in [0.1, 0.15) is 0 Å². The average molecular weight is 158 g/mol. The zero-order valence-electron chi connectivity index (χ0n) is 7.29. The molecule has 0 unspecified atom stereocenters. The van der Waals surface area contributed by atoms with Crippen LogP contribution in [0, 0.1) is 0 Å². The summed E-state index contributed by atoms with van der Waals surface area (Å²) in [5.74, 6) is 0. The van der Waals surface area contributed by atoms with Crippen molar-refractivity contribution < 1.29 is 0 Å². The van der Waals surface area contributed by atoms with Crippen LogP contribution in [0.15, 0.2) is 42.0 Å². The Balaban J connectivity index is 1.83. The monoisotopic (exact) mass is 158 g/mol. The van der Waals surface area contributed by atoms with E-state index in [-0.39, 0.29) is 0 Å². The molecule has 1 aromatic rings. The van der Waals surface area contributed by atoms with Crippen LogP contribution in [0.3, 0.4) is 0 Å². The highest BCUT2D eigenvalue weighted by Crippen LogP contribution is 2.28. The molecular formula is C12H14. The lowest BCUT2D eigenvalue weighted by Gasteiger charge is -1.95. The van der Waals surface area contributed by atoms with Gasteiger partial charge in [0.05, 0.1) is 0 Å². The van der Waals surface area contributed by atoms with Crippen LogP contribution < -0.4 is 0 Å². The predicted octanol–water partition coefficient (Wildman–Crippen LogP) is 3.34. The normalized spacial score (nSPS) is 14.5. The van der Waals surface area contributed by atoms with Crippen LogP contribution in [0.4, 0.5) is 0 Å². The van der Waals surface area contributed by atoms with E-state index in [1.807, 2.05) is 0 Å². The third-order valence-corrected chi connectivity index (χ3v) is 2.25. The van der Waals surface area contributed by atoms with Crippen molar-refractivity contribution in [3.05, 3.63) is 47.5 Å². The van der Waals surface area contributed by atoms with Crippen LogP contribution in [0.25, 0.3) is 0 Å². The summed E-state index contributed by atoms with van der Waals surface area (Å²) >= 11 is 0. The molecule has 1 aliphatic rings. The summed E-state index contributed by atoms with van der Waals surface area (Å²) < 4.78 is 0. The zero-order valence-corrected chi connectivity index (χ0v) is 7.29. The molecule has 0 heteroatoms. The minimum atomic E-state index is 1.20. The molecule has 1 aliphatic carbocycles. The van der Waals surface area contributed by atoms with E-state index in [0.29, 0.717) is 0 Å². The van der Waals surface area contributed by atoms with Gasteiger partial charge in [0.25, 0.3) is 0 Å². The predicted molar refractivity (Wildman–Crippen MR) is 52.1 cm³/mol. The molecule has 2 rings (SSSR count). The van der Waals surface area contributed by atoms with Gasteiger partial charge in [0, 0.05) is 0 Å². The summed E-state index contributed by atoms with van der Waals surface area (Å²) in [5, 5.41) is 0. The van der Waals surface area contributed by atoms with Crippen molar-refractivity contribution in [2.75, 3.05) is 0 Å². The molecule has 0 spiro atoms. The highest BCUT2D eigenvalue weighted by molar-refractivity contribution is 5.19. The number of allylic oxidation sites excluding steroid dienone is 2. The third kappa shape index (κ3) is 2.23. The summed E-state index contributed by atoms with van der Waals surface area (Å²) in [5.41, 5.74) is 3.11. The second kappa shape index (κ2) is 3.57. The van der Waals surface area contributed by atoms with Gasteiger partial charge < -0.3 is 0 Å². The van der Waals surface area contributed by atoms with E-state index in [1.165, 1.54) is 31.2 Å². The van der Waals surface area contributed by atoms with Crippen molar-refractivity contribution in [1.82, 2.24) is 0 Å². The molecule has 1 fully saturated rings. The summed E-state index contributed by atoms with van der Waals surface area (Å²) in [6, 6.07) is 10.7. The molecule has 0 aliphatic heterocycles. The maximum Gasteiger partial charge on any atom is -0.0244 e. The quantitative estimate of drug-likeness (QED) is 0.592. The van der Waals surface area contributed by atoms with Crippen LogP contribution >= 0.6 is 0 Å². The standard InChI is InChI=1S/C12H14/c1-2-5-11(6-3-1)7-4-8-12-9-10-12/h1-3,5-6,8H,4,7,9-10H2. The first-order valence-electron chi connectivity index (χ1n) is 4.67. The van der Waals surface area contributed by atoms with E-state index in [4.69, 9.17) is 0 Å². The van der Waals surface area contributed by atoms with Crippen LogP contribution in [-0.2, 0) is 6.42 Å². The summed E-state index contributed by atoms with van der Waals surface area (Å²) in [4.78, 5) is 0. The van der Waals surface area contributed by atoms with Crippen LogP contribution in [-0.4, -0.2) is 0 Å². The molecule has 0 aromatic heterocycles. The van der Waals surface area contributed by atoms with Gasteiger partial charge in [-0.15, -0.1) is 0 Å². The van der Waals surface area contributed by atoms with Gasteiger partial charge in [-0.3, -0.25) is 0 Å². The number of aryl methyl sites for hydroxylation is 1. The smallest absolute Gasteiger partial charge is 0.0244 e. The lowest BCUT2D eigenvalue weighted by molar-refractivity contribution is 0.998. The topological polar surface area (TPSA) is 0 Å². The number of rotatable bonds is 3. The number of hydrogen-bond donors (Lipinski definition) is 0. The molecule has 0 radical (unpaired) electrons. The van der Waals surface area contributed by atoms with Crippen molar-refractivity contribution in [3.63, 3.8) is 0 Å². The van der Waals surface area contributed by atoms with Gasteiger partial charge in [-0.25, -0.2) is 0 Å². The molecule has 0 bridgehead atoms. The molecule has 0 saturated heterocycles. The summed E-state index contributed by atoms with van der Waals surface area (Å²) in [6.45, 7) is 0. The minimum absolute atomic E-state index is 1.20. The number of benzene rings is 1. The van der Waals surface area contributed by atoms with Gasteiger partial charge in [-0.05, 0) is 31.2 Å². The Hall–Kier alpha value is -1.04. The molecule has 1 saturated carbocycles. The van der Waals surface area contributed by atoms with E-state index in [9.17, 15) is 0 Å². The molecular weight excluding hydrogens is 144 g/mol. The van der Waals surface area contributed by atoms with E-state index in [2.05, 4.69) is 36.4 Å². The van der Waals surface area contributed by atoms with Crippen molar-refractivity contribution in [1.29, 1.82) is 0 Å². The van der Waals surface area contributed by atoms with Crippen molar-refractivity contribution in [2.45, 2.75) is 25.7 Å². The maximum atomic E-state index is 2.40. The molecule has 0 nitrogen and oxygen atoms in total. The van der Waals surface area contributed by atoms with E-state index in [1.54, 1.807) is 5.57 Å². The molecule has 0 heterocycles. The van der Waals surface area contributed by atoms with Gasteiger partial charge in [0.15, 0.2) is 0 Å². The van der Waals surface area contributed by atoms with E-state index >= 15 is 0 Å². The lowest BCUT2D eigenvalue weighted by atomic mass is 10.1. The Morgan fingerprint density at radius 1 is 1.08 bits per heavy atom. The van der Waals surface area contributed by atoms with Crippen molar-refractivity contribution in [3.8, 4) is 0 Å². The molecule has 62 valence electrons. The largest absolute Gasteiger partial charge is 0.0850 e. The Morgan fingerprint density at radius 2 is 1.83 bits per heavy atom. The first kappa shape index (κ1) is 7.60. The first-order valence-corrected chi connectivity index (χ1v) is 4.67. The highest BCUT2D eigenvalue weighted by Gasteiger charge is 2.08. The highest BCUT2D eigenvalue weighted by atomic mass is 14.1. The Morgan fingerprint density at radius 3 is 2.50 bits per heavy atom. The fraction of sp³-hybridized carbons (Fsp3) is 0.333. The average Bonchev–Trinajstić information content (AvgIpc) is 2.90. The van der Waals surface area contributed by atoms with Gasteiger partial charge in [-0.1, -0.05) is 42.0 Å². The second-order valence-electron chi connectivity index (χ2n) is 3.39. The van der Waals surface area contributed by atoms with Crippen molar-refractivity contribution in [2.24, 2.45) is 0 Å². The number of hydrogen-bond acceptors (Lipinski definition) is 0. The lowest BCUT2D eigenvalue weighted by Crippen LogP contribution is -1.80. The summed E-state index contributed by atoms with van der Waals surface area (Å²) in [6.07, 6.45) is 7.53. The van der Waals surface area contributed by atoms with Gasteiger partial charge in [0.2, 0.25) is 0 Å². The van der Waals surface area contributed by atoms with Crippen LogP contribution in [0.1, 0.15) is 24.8 Å². The molecule has 0 amide bonds. The van der Waals surface area contributed by atoms with E-state index in [0.717, 1.165) is 0 Å². The van der Waals surface area contributed by atoms with E-state index < -0.39 is 0 Å². The summed E-state index contributed by atoms with van der Waals surface area (Å²) in [7, 11) is 0. The molecule has 0 atom stereocenters. The first-order chi connectivity index (χ1) is 5.95. The molecule has 0 N–H and O–H groups in total. The molecule has 12 heavy (non-hydrogen) atoms. The molecule has 1 aromatic carbocycles. The SMILES string of the molecule is C(CCc1ccccc1)=C1CC1. The van der Waals surface area contributed by atoms with Crippen LogP contribution in [0.5, 0.6) is 0 Å². The Labute approximate surface area is 73.9 Å². The Bertz CT molecular complexity index is 263. The van der Waals surface area contributed by atoms with Gasteiger partial charge in [-0.2, -0.15) is 0 Å². The van der Waals surface area contributed by atoms with Gasteiger partial charge >= 0.3 is 0 Å². The third-order valence-electron chi connectivity index (χ3n) is 2.25. The maximum absolute atomic E-state index is 2.40. The zero-order chi connectivity index (χ0) is 8.23.